The van der Waals surface area contributed by atoms with Gasteiger partial charge in [0.2, 0.25) is 0 Å². The van der Waals surface area contributed by atoms with Gasteiger partial charge in [0.25, 0.3) is 0 Å². The second-order valence-electron chi connectivity index (χ2n) is 5.71. The summed E-state index contributed by atoms with van der Waals surface area (Å²) >= 11 is 0. The first-order chi connectivity index (χ1) is 8.75. The lowest BCUT2D eigenvalue weighted by molar-refractivity contribution is 0.500. The Balaban J connectivity index is 1.87. The largest absolute Gasteiger partial charge is 0.324 e. The zero-order chi connectivity index (χ0) is 12.2. The molecule has 92 valence electrons. The first-order valence-electron chi connectivity index (χ1n) is 6.64. The molecular formula is C15H17N3. The van der Waals surface area contributed by atoms with Crippen LogP contribution in [0, 0.1) is 0 Å². The Bertz CT molecular complexity index is 578. The molecule has 2 aromatic rings. The topological polar surface area (TPSA) is 43.8 Å². The van der Waals surface area contributed by atoms with Crippen molar-refractivity contribution >= 4 is 0 Å². The summed E-state index contributed by atoms with van der Waals surface area (Å²) in [6.45, 7) is 0. The molecule has 0 aliphatic heterocycles. The molecule has 0 atom stereocenters. The number of hydrogen-bond acceptors (Lipinski definition) is 2. The maximum atomic E-state index is 6.51. The van der Waals surface area contributed by atoms with Crippen molar-refractivity contribution in [3.8, 4) is 5.69 Å². The van der Waals surface area contributed by atoms with Crippen LogP contribution >= 0.6 is 0 Å². The first kappa shape index (κ1) is 10.3. The molecule has 18 heavy (non-hydrogen) atoms. The zero-order valence-corrected chi connectivity index (χ0v) is 10.3. The molecule has 0 amide bonds. The third-order valence-corrected chi connectivity index (χ3v) is 4.66. The molecule has 3 nitrogen and oxygen atoms in total. The Morgan fingerprint density at radius 3 is 2.44 bits per heavy atom. The zero-order valence-electron chi connectivity index (χ0n) is 10.3. The summed E-state index contributed by atoms with van der Waals surface area (Å²) in [6, 6.07) is 10.5. The molecular weight excluding hydrogens is 222 g/mol. The summed E-state index contributed by atoms with van der Waals surface area (Å²) < 4.78 is 1.96. The predicted octanol–water partition coefficient (Wildman–Crippen LogP) is 2.40. The van der Waals surface area contributed by atoms with E-state index in [4.69, 9.17) is 5.73 Å². The van der Waals surface area contributed by atoms with Crippen molar-refractivity contribution in [1.29, 1.82) is 0 Å². The molecule has 1 heterocycles. The molecule has 1 aromatic carbocycles. The van der Waals surface area contributed by atoms with Crippen LogP contribution < -0.4 is 5.73 Å². The lowest BCUT2D eigenvalue weighted by atomic mass is 9.85. The number of para-hydroxylation sites is 1. The first-order valence-corrected chi connectivity index (χ1v) is 6.64. The fourth-order valence-corrected chi connectivity index (χ4v) is 3.26. The molecule has 2 fully saturated rings. The molecule has 2 saturated carbocycles. The van der Waals surface area contributed by atoms with E-state index in [0.717, 1.165) is 0 Å². The van der Waals surface area contributed by atoms with Gasteiger partial charge < -0.3 is 5.73 Å². The van der Waals surface area contributed by atoms with Crippen LogP contribution in [0.4, 0.5) is 0 Å². The lowest BCUT2D eigenvalue weighted by Gasteiger charge is -2.25. The van der Waals surface area contributed by atoms with Crippen molar-refractivity contribution in [2.75, 3.05) is 0 Å². The van der Waals surface area contributed by atoms with Crippen molar-refractivity contribution in [2.24, 2.45) is 5.73 Å². The van der Waals surface area contributed by atoms with Crippen LogP contribution in [0.3, 0.4) is 0 Å². The minimum Gasteiger partial charge on any atom is -0.324 e. The molecule has 1 aromatic heterocycles. The lowest BCUT2D eigenvalue weighted by Crippen LogP contribution is -2.38. The third kappa shape index (κ3) is 1.25. The van der Waals surface area contributed by atoms with E-state index >= 15 is 0 Å². The number of benzene rings is 1. The van der Waals surface area contributed by atoms with Crippen molar-refractivity contribution in [2.45, 2.75) is 36.6 Å². The van der Waals surface area contributed by atoms with Crippen LogP contribution in [0.5, 0.6) is 0 Å². The Kier molecular flexibility index (Phi) is 1.86. The van der Waals surface area contributed by atoms with E-state index in [2.05, 4.69) is 29.4 Å². The highest BCUT2D eigenvalue weighted by Crippen LogP contribution is 2.64. The smallest absolute Gasteiger partial charge is 0.0683 e. The van der Waals surface area contributed by atoms with Gasteiger partial charge in [-0.05, 0) is 43.4 Å². The number of hydrogen-bond donors (Lipinski definition) is 1. The molecule has 2 aliphatic rings. The van der Waals surface area contributed by atoms with Crippen molar-refractivity contribution < 1.29 is 0 Å². The fraction of sp³-hybridized carbons (Fsp3) is 0.400. The van der Waals surface area contributed by atoms with Gasteiger partial charge >= 0.3 is 0 Å². The molecule has 0 saturated heterocycles. The van der Waals surface area contributed by atoms with Crippen LogP contribution in [0.25, 0.3) is 5.69 Å². The Labute approximate surface area is 107 Å². The van der Waals surface area contributed by atoms with E-state index in [-0.39, 0.29) is 11.0 Å². The average molecular weight is 239 g/mol. The van der Waals surface area contributed by atoms with Gasteiger partial charge in [-0.2, -0.15) is 5.10 Å². The van der Waals surface area contributed by atoms with Gasteiger partial charge in [0.15, 0.2) is 0 Å². The van der Waals surface area contributed by atoms with E-state index < -0.39 is 0 Å². The highest BCUT2D eigenvalue weighted by atomic mass is 15.3. The Morgan fingerprint density at radius 2 is 1.83 bits per heavy atom. The van der Waals surface area contributed by atoms with Gasteiger partial charge in [-0.25, -0.2) is 4.68 Å². The highest BCUT2D eigenvalue weighted by Gasteiger charge is 2.64. The van der Waals surface area contributed by atoms with Crippen molar-refractivity contribution in [1.82, 2.24) is 9.78 Å². The SMILES string of the molecule is NC1(C2(c3ccccc3-n3cccn3)CC2)CC1. The Hall–Kier alpha value is -1.61. The quantitative estimate of drug-likeness (QED) is 0.893. The number of nitrogens with zero attached hydrogens (tertiary/aromatic N) is 2. The van der Waals surface area contributed by atoms with Gasteiger partial charge in [-0.3, -0.25) is 0 Å². The second kappa shape index (κ2) is 3.23. The van der Waals surface area contributed by atoms with Crippen LogP contribution in [-0.2, 0) is 5.41 Å². The second-order valence-corrected chi connectivity index (χ2v) is 5.71. The molecule has 0 spiro atoms. The molecule has 0 radical (unpaired) electrons. The van der Waals surface area contributed by atoms with Crippen LogP contribution in [0.1, 0.15) is 31.2 Å². The van der Waals surface area contributed by atoms with Gasteiger partial charge in [-0.1, -0.05) is 18.2 Å². The summed E-state index contributed by atoms with van der Waals surface area (Å²) in [7, 11) is 0. The highest BCUT2D eigenvalue weighted by molar-refractivity contribution is 5.52. The van der Waals surface area contributed by atoms with Crippen molar-refractivity contribution in [3.63, 3.8) is 0 Å². The van der Waals surface area contributed by atoms with Gasteiger partial charge in [0.1, 0.15) is 0 Å². The van der Waals surface area contributed by atoms with E-state index in [1.54, 1.807) is 0 Å². The number of aromatic nitrogens is 2. The summed E-state index contributed by atoms with van der Waals surface area (Å²) in [4.78, 5) is 0. The monoisotopic (exact) mass is 239 g/mol. The van der Waals surface area contributed by atoms with E-state index in [9.17, 15) is 0 Å². The van der Waals surface area contributed by atoms with Crippen LogP contribution in [0.15, 0.2) is 42.7 Å². The van der Waals surface area contributed by atoms with Crippen molar-refractivity contribution in [3.05, 3.63) is 48.3 Å². The average Bonchev–Trinajstić information content (AvgIpc) is 3.30. The number of rotatable bonds is 3. The fourth-order valence-electron chi connectivity index (χ4n) is 3.26. The normalized spacial score (nSPS) is 22.7. The van der Waals surface area contributed by atoms with E-state index in [1.165, 1.54) is 36.9 Å². The van der Waals surface area contributed by atoms with Gasteiger partial charge in [0.05, 0.1) is 5.69 Å². The molecule has 2 N–H and O–H groups in total. The summed E-state index contributed by atoms with van der Waals surface area (Å²) in [5, 5.41) is 4.37. The third-order valence-electron chi connectivity index (χ3n) is 4.66. The van der Waals surface area contributed by atoms with Gasteiger partial charge in [0, 0.05) is 23.3 Å². The summed E-state index contributed by atoms with van der Waals surface area (Å²) in [6.07, 6.45) is 8.61. The molecule has 0 unspecified atom stereocenters. The van der Waals surface area contributed by atoms with Crippen LogP contribution in [-0.4, -0.2) is 15.3 Å². The molecule has 3 heteroatoms. The molecule has 0 bridgehead atoms. The maximum Gasteiger partial charge on any atom is 0.0683 e. The predicted molar refractivity (Wildman–Crippen MR) is 70.6 cm³/mol. The minimum absolute atomic E-state index is 0.0518. The van der Waals surface area contributed by atoms with Crippen LogP contribution in [0.2, 0.25) is 0 Å². The number of nitrogens with two attached hydrogens (primary N) is 1. The van der Waals surface area contributed by atoms with E-state index in [0.29, 0.717) is 0 Å². The summed E-state index contributed by atoms with van der Waals surface area (Å²) in [5.41, 5.74) is 9.36. The van der Waals surface area contributed by atoms with E-state index in [1.807, 2.05) is 23.1 Å². The summed E-state index contributed by atoms with van der Waals surface area (Å²) in [5.74, 6) is 0. The minimum atomic E-state index is 0.0518. The van der Waals surface area contributed by atoms with Gasteiger partial charge in [-0.15, -0.1) is 0 Å². The molecule has 4 rings (SSSR count). The standard InChI is InChI=1S/C15H17N3/c16-15(8-9-15)14(6-7-14)12-4-1-2-5-13(12)18-11-3-10-17-18/h1-5,10-11H,6-9,16H2. The molecule has 2 aliphatic carbocycles. The Morgan fingerprint density at radius 1 is 1.06 bits per heavy atom. The maximum absolute atomic E-state index is 6.51.